The van der Waals surface area contributed by atoms with Crippen LogP contribution in [0.3, 0.4) is 0 Å². The Kier molecular flexibility index (Phi) is 12.3. The maximum absolute atomic E-state index is 3.51. The van der Waals surface area contributed by atoms with Gasteiger partial charge in [-0.2, -0.15) is 0 Å². The highest BCUT2D eigenvalue weighted by molar-refractivity contribution is 4.57. The van der Waals surface area contributed by atoms with Gasteiger partial charge < -0.3 is 10.2 Å². The molecule has 0 aromatic heterocycles. The molecule has 0 radical (unpaired) electrons. The lowest BCUT2D eigenvalue weighted by molar-refractivity contribution is 0.268. The second kappa shape index (κ2) is 12.4. The minimum atomic E-state index is 0.777. The highest BCUT2D eigenvalue weighted by Gasteiger charge is 2.01. The maximum atomic E-state index is 3.51. The number of hydrogen-bond donors (Lipinski definition) is 1. The van der Waals surface area contributed by atoms with Crippen LogP contribution in [-0.2, 0) is 0 Å². The fraction of sp³-hybridized carbons (Fsp3) is 1.00. The summed E-state index contributed by atoms with van der Waals surface area (Å²) in [7, 11) is 0. The first-order chi connectivity index (χ1) is 8.20. The minimum absolute atomic E-state index is 0.777. The quantitative estimate of drug-likeness (QED) is 0.527. The van der Waals surface area contributed by atoms with E-state index in [1.54, 1.807) is 0 Å². The van der Waals surface area contributed by atoms with Crippen molar-refractivity contribution in [1.82, 2.24) is 10.2 Å². The van der Waals surface area contributed by atoms with Crippen LogP contribution in [0.1, 0.15) is 59.8 Å². The normalized spacial score (nSPS) is 11.6. The van der Waals surface area contributed by atoms with Crippen LogP contribution in [-0.4, -0.2) is 37.6 Å². The molecule has 0 rings (SSSR count). The van der Waals surface area contributed by atoms with Crippen LogP contribution < -0.4 is 5.32 Å². The van der Waals surface area contributed by atoms with E-state index in [1.807, 2.05) is 0 Å². The van der Waals surface area contributed by atoms with E-state index in [4.69, 9.17) is 0 Å². The Balaban J connectivity index is 3.29. The van der Waals surface area contributed by atoms with E-state index >= 15 is 0 Å². The van der Waals surface area contributed by atoms with Crippen LogP contribution in [0, 0.1) is 5.92 Å². The van der Waals surface area contributed by atoms with Gasteiger partial charge >= 0.3 is 0 Å². The lowest BCUT2D eigenvalue weighted by atomic mass is 10.2. The maximum Gasteiger partial charge on any atom is -0.00187 e. The molecule has 0 aliphatic carbocycles. The zero-order valence-corrected chi connectivity index (χ0v) is 12.6. The van der Waals surface area contributed by atoms with Crippen molar-refractivity contribution < 1.29 is 0 Å². The molecule has 2 heteroatoms. The van der Waals surface area contributed by atoms with Crippen molar-refractivity contribution in [2.75, 3.05) is 32.7 Å². The number of nitrogens with one attached hydrogen (secondary N) is 1. The molecule has 0 atom stereocenters. The Labute approximate surface area is 109 Å². The van der Waals surface area contributed by atoms with Crippen molar-refractivity contribution in [2.45, 2.75) is 59.8 Å². The molecule has 0 aliphatic heterocycles. The minimum Gasteiger partial charge on any atom is -0.316 e. The first-order valence-corrected chi connectivity index (χ1v) is 7.63. The summed E-state index contributed by atoms with van der Waals surface area (Å²) in [5, 5.41) is 3.51. The van der Waals surface area contributed by atoms with Crippen molar-refractivity contribution in [3.05, 3.63) is 0 Å². The molecule has 2 nitrogen and oxygen atoms in total. The Bertz CT molecular complexity index is 140. The van der Waals surface area contributed by atoms with Crippen molar-refractivity contribution in [3.63, 3.8) is 0 Å². The van der Waals surface area contributed by atoms with E-state index in [0.717, 1.165) is 12.5 Å². The number of rotatable bonds is 12. The van der Waals surface area contributed by atoms with E-state index in [1.165, 1.54) is 58.3 Å². The summed E-state index contributed by atoms with van der Waals surface area (Å²) >= 11 is 0. The van der Waals surface area contributed by atoms with E-state index in [2.05, 4.69) is 37.9 Å². The van der Waals surface area contributed by atoms with Crippen molar-refractivity contribution in [1.29, 1.82) is 0 Å². The molecule has 17 heavy (non-hydrogen) atoms. The molecule has 0 spiro atoms. The van der Waals surface area contributed by atoms with Gasteiger partial charge in [0.05, 0.1) is 0 Å². The highest BCUT2D eigenvalue weighted by atomic mass is 15.1. The van der Waals surface area contributed by atoms with Crippen LogP contribution in [0.4, 0.5) is 0 Å². The number of nitrogens with zero attached hydrogens (tertiary/aromatic N) is 1. The molecule has 0 heterocycles. The summed E-state index contributed by atoms with van der Waals surface area (Å²) in [4.78, 5) is 2.61. The average molecular weight is 242 g/mol. The third kappa shape index (κ3) is 12.2. The monoisotopic (exact) mass is 242 g/mol. The molecular formula is C15H34N2. The van der Waals surface area contributed by atoms with Crippen LogP contribution in [0.5, 0.6) is 0 Å². The fourth-order valence-corrected chi connectivity index (χ4v) is 2.12. The zero-order chi connectivity index (χ0) is 12.9. The molecule has 0 aliphatic rings. The molecule has 0 bridgehead atoms. The Morgan fingerprint density at radius 3 is 2.06 bits per heavy atom. The molecule has 0 saturated carbocycles. The van der Waals surface area contributed by atoms with Crippen LogP contribution in [0.25, 0.3) is 0 Å². The second-order valence-corrected chi connectivity index (χ2v) is 5.50. The predicted molar refractivity (Wildman–Crippen MR) is 78.6 cm³/mol. The summed E-state index contributed by atoms with van der Waals surface area (Å²) in [5.74, 6) is 0.777. The molecule has 0 aromatic carbocycles. The van der Waals surface area contributed by atoms with Gasteiger partial charge in [-0.15, -0.1) is 0 Å². The summed E-state index contributed by atoms with van der Waals surface area (Å²) in [6, 6.07) is 0. The van der Waals surface area contributed by atoms with Gasteiger partial charge in [-0.3, -0.25) is 0 Å². The first kappa shape index (κ1) is 16.9. The number of hydrogen-bond acceptors (Lipinski definition) is 2. The van der Waals surface area contributed by atoms with Gasteiger partial charge in [0.15, 0.2) is 0 Å². The molecule has 0 saturated heterocycles. The standard InChI is InChI=1S/C15H34N2/c1-5-11-17(12-6-2)13-9-7-8-10-16-14-15(3)4/h15-16H,5-14H2,1-4H3. The molecule has 0 amide bonds. The third-order valence-corrected chi connectivity index (χ3v) is 2.96. The summed E-state index contributed by atoms with van der Waals surface area (Å²) in [6.07, 6.45) is 6.64. The molecule has 104 valence electrons. The first-order valence-electron chi connectivity index (χ1n) is 7.63. The smallest absolute Gasteiger partial charge is 0.00187 e. The summed E-state index contributed by atoms with van der Waals surface area (Å²) in [6.45, 7) is 15.3. The van der Waals surface area contributed by atoms with Gasteiger partial charge in [-0.1, -0.05) is 34.1 Å². The largest absolute Gasteiger partial charge is 0.316 e. The van der Waals surface area contributed by atoms with Crippen LogP contribution >= 0.6 is 0 Å². The van der Waals surface area contributed by atoms with Gasteiger partial charge in [-0.05, 0) is 64.3 Å². The van der Waals surface area contributed by atoms with Gasteiger partial charge in [0.25, 0.3) is 0 Å². The second-order valence-electron chi connectivity index (χ2n) is 5.50. The third-order valence-electron chi connectivity index (χ3n) is 2.96. The summed E-state index contributed by atoms with van der Waals surface area (Å²) in [5.41, 5.74) is 0. The molecule has 1 N–H and O–H groups in total. The topological polar surface area (TPSA) is 15.3 Å². The Morgan fingerprint density at radius 1 is 0.882 bits per heavy atom. The van der Waals surface area contributed by atoms with E-state index in [9.17, 15) is 0 Å². The van der Waals surface area contributed by atoms with Crippen LogP contribution in [0.2, 0.25) is 0 Å². The van der Waals surface area contributed by atoms with Crippen molar-refractivity contribution in [2.24, 2.45) is 5.92 Å². The lowest BCUT2D eigenvalue weighted by Crippen LogP contribution is -2.26. The predicted octanol–water partition coefficient (Wildman–Crippen LogP) is 3.52. The number of unbranched alkanes of at least 4 members (excludes halogenated alkanes) is 2. The molecule has 0 unspecified atom stereocenters. The van der Waals surface area contributed by atoms with Gasteiger partial charge in [0.1, 0.15) is 0 Å². The Morgan fingerprint density at radius 2 is 1.53 bits per heavy atom. The van der Waals surface area contributed by atoms with Gasteiger partial charge in [-0.25, -0.2) is 0 Å². The fourth-order valence-electron chi connectivity index (χ4n) is 2.12. The SMILES string of the molecule is CCCN(CCC)CCCCCNCC(C)C. The Hall–Kier alpha value is -0.0800. The zero-order valence-electron chi connectivity index (χ0n) is 12.6. The van der Waals surface area contributed by atoms with E-state index in [0.29, 0.717) is 0 Å². The van der Waals surface area contributed by atoms with E-state index in [-0.39, 0.29) is 0 Å². The van der Waals surface area contributed by atoms with Gasteiger partial charge in [0, 0.05) is 0 Å². The van der Waals surface area contributed by atoms with Crippen LogP contribution in [0.15, 0.2) is 0 Å². The lowest BCUT2D eigenvalue weighted by Gasteiger charge is -2.20. The summed E-state index contributed by atoms with van der Waals surface area (Å²) < 4.78 is 0. The molecular weight excluding hydrogens is 208 g/mol. The average Bonchev–Trinajstić information content (AvgIpc) is 2.28. The van der Waals surface area contributed by atoms with E-state index < -0.39 is 0 Å². The molecule has 0 aromatic rings. The van der Waals surface area contributed by atoms with Crippen molar-refractivity contribution >= 4 is 0 Å². The highest BCUT2D eigenvalue weighted by Crippen LogP contribution is 2.01. The van der Waals surface area contributed by atoms with Gasteiger partial charge in [0.2, 0.25) is 0 Å². The van der Waals surface area contributed by atoms with Crippen molar-refractivity contribution in [3.8, 4) is 0 Å². The molecule has 0 fully saturated rings.